The van der Waals surface area contributed by atoms with Crippen LogP contribution >= 0.6 is 0 Å². The van der Waals surface area contributed by atoms with Gasteiger partial charge < -0.3 is 11.5 Å². The van der Waals surface area contributed by atoms with Crippen LogP contribution in [-0.4, -0.2) is 5.26 Å². The third kappa shape index (κ3) is 17.7. The molecule has 0 aliphatic heterocycles. The molecule has 0 unspecified atom stereocenters. The van der Waals surface area contributed by atoms with Crippen molar-refractivity contribution in [2.45, 2.75) is 0 Å². The predicted octanol–water partition coefficient (Wildman–Crippen LogP) is -5.64. The van der Waals surface area contributed by atoms with Crippen molar-refractivity contribution in [2.24, 2.45) is 0 Å². The van der Waals surface area contributed by atoms with E-state index in [2.05, 4.69) is 16.5 Å². The maximum atomic E-state index is 7.23. The molecule has 0 saturated carbocycles. The maximum Gasteiger partial charge on any atom is 1.00 e. The van der Waals surface area contributed by atoms with E-state index in [0.29, 0.717) is 6.26 Å². The quantitative estimate of drug-likeness (QED) is 0.236. The van der Waals surface area contributed by atoms with Gasteiger partial charge in [-0.1, -0.05) is 6.26 Å². The number of rotatable bonds is 2. The van der Waals surface area contributed by atoms with Gasteiger partial charge in [-0.05, 0) is 5.04 Å². The summed E-state index contributed by atoms with van der Waals surface area (Å²) in [5, 5.41) is 10.2. The molecule has 0 atom stereocenters. The third-order valence-corrected chi connectivity index (χ3v) is 0.0986. The van der Waals surface area contributed by atoms with Gasteiger partial charge in [0.25, 0.3) is 0 Å². The Labute approximate surface area is 160 Å². The van der Waals surface area contributed by atoms with Gasteiger partial charge >= 0.3 is 138 Å². The van der Waals surface area contributed by atoms with E-state index in [0.717, 1.165) is 0 Å². The Morgan fingerprint density at radius 1 is 1.43 bits per heavy atom. The van der Waals surface area contributed by atoms with Gasteiger partial charge in [-0.25, -0.2) is 5.26 Å². The standard InChI is InChI=1S/C2H3O3.2Cs/c1-2-4-5-3;;/h1-3H;;/q-1;2*+1. The van der Waals surface area contributed by atoms with Crippen molar-refractivity contribution < 1.29 is 153 Å². The first-order valence-electron chi connectivity index (χ1n) is 0.918. The summed E-state index contributed by atoms with van der Waals surface area (Å²) in [6, 6.07) is 0. The molecule has 0 aromatic carbocycles. The zero-order valence-corrected chi connectivity index (χ0v) is 17.0. The Morgan fingerprint density at radius 3 is 1.86 bits per heavy atom. The van der Waals surface area contributed by atoms with E-state index in [-0.39, 0.29) is 138 Å². The van der Waals surface area contributed by atoms with Gasteiger partial charge in [0.15, 0.2) is 0 Å². The summed E-state index contributed by atoms with van der Waals surface area (Å²) in [5.41, 5.74) is 0. The molecule has 0 spiro atoms. The minimum Gasteiger partial charge on any atom is -0.473 e. The molecule has 0 aliphatic rings. The van der Waals surface area contributed by atoms with Crippen molar-refractivity contribution >= 4 is 0 Å². The van der Waals surface area contributed by atoms with E-state index in [9.17, 15) is 0 Å². The molecule has 0 bridgehead atoms. The maximum absolute atomic E-state index is 7.23. The van der Waals surface area contributed by atoms with Crippen LogP contribution in [0.2, 0.25) is 0 Å². The summed E-state index contributed by atoms with van der Waals surface area (Å²) < 4.78 is 0. The number of hydrogen-bond acceptors (Lipinski definition) is 3. The molecule has 0 radical (unpaired) electrons. The van der Waals surface area contributed by atoms with E-state index in [1.807, 2.05) is 0 Å². The smallest absolute Gasteiger partial charge is 0.473 e. The number of hydrogen-bond donors (Lipinski definition) is 1. The molecule has 0 aliphatic carbocycles. The molecular formula is C2H3Cs2O3+. The van der Waals surface area contributed by atoms with Gasteiger partial charge in [0.2, 0.25) is 0 Å². The summed E-state index contributed by atoms with van der Waals surface area (Å²) in [6.45, 7) is 4.51. The van der Waals surface area contributed by atoms with Crippen LogP contribution in [0.25, 0.3) is 0 Å². The van der Waals surface area contributed by atoms with E-state index in [1.54, 1.807) is 0 Å². The summed E-state index contributed by atoms with van der Waals surface area (Å²) in [7, 11) is 0. The van der Waals surface area contributed by atoms with Crippen LogP contribution in [0.1, 0.15) is 0 Å². The van der Waals surface area contributed by atoms with Crippen molar-refractivity contribution in [2.75, 3.05) is 0 Å². The van der Waals surface area contributed by atoms with Crippen LogP contribution in [0.3, 0.4) is 0 Å². The zero-order valence-electron chi connectivity index (χ0n) is 4.42. The van der Waals surface area contributed by atoms with Crippen LogP contribution in [0, 0.1) is 6.58 Å². The van der Waals surface area contributed by atoms with Crippen molar-refractivity contribution in [3.63, 3.8) is 0 Å². The average Bonchev–Trinajstić information content (AvgIpc) is 1.41. The van der Waals surface area contributed by atoms with Crippen molar-refractivity contribution in [1.29, 1.82) is 0 Å². The van der Waals surface area contributed by atoms with Crippen LogP contribution < -0.4 is 138 Å². The third-order valence-electron chi connectivity index (χ3n) is 0.0986. The van der Waals surface area contributed by atoms with Crippen LogP contribution in [-0.2, 0) is 9.93 Å². The van der Waals surface area contributed by atoms with Gasteiger partial charge in [0.1, 0.15) is 0 Å². The molecule has 7 heavy (non-hydrogen) atoms. The predicted molar refractivity (Wildman–Crippen MR) is 13.7 cm³/mol. The second kappa shape index (κ2) is 16.3. The first-order chi connectivity index (χ1) is 2.41. The van der Waals surface area contributed by atoms with Crippen molar-refractivity contribution in [3.05, 3.63) is 12.8 Å². The van der Waals surface area contributed by atoms with Gasteiger partial charge in [-0.3, -0.25) is 0 Å². The van der Waals surface area contributed by atoms with Crippen molar-refractivity contribution in [1.82, 2.24) is 0 Å². The topological polar surface area (TPSA) is 38.7 Å². The molecule has 0 aromatic rings. The molecule has 30 valence electrons. The normalized spacial score (nSPS) is 4.71. The minimum absolute atomic E-state index is 0. The van der Waals surface area contributed by atoms with E-state index >= 15 is 0 Å². The second-order valence-corrected chi connectivity index (χ2v) is 0.307. The van der Waals surface area contributed by atoms with Crippen LogP contribution in [0.15, 0.2) is 6.26 Å². The molecule has 0 fully saturated rings. The summed E-state index contributed by atoms with van der Waals surface area (Å²) in [4.78, 5) is 3.54. The fraction of sp³-hybridized carbons (Fsp3) is 0. The zero-order chi connectivity index (χ0) is 4.12. The summed E-state index contributed by atoms with van der Waals surface area (Å²) in [5.74, 6) is 0. The molecule has 1 N–H and O–H groups in total. The van der Waals surface area contributed by atoms with E-state index in [1.165, 1.54) is 0 Å². The van der Waals surface area contributed by atoms with Gasteiger partial charge in [-0.15, -0.1) is 0 Å². The molecule has 0 heterocycles. The van der Waals surface area contributed by atoms with E-state index < -0.39 is 0 Å². The SMILES string of the molecule is [CH-]=COOO.[Cs+].[Cs+]. The molecular weight excluding hydrogens is 338 g/mol. The molecule has 0 amide bonds. The van der Waals surface area contributed by atoms with E-state index in [4.69, 9.17) is 5.26 Å². The second-order valence-electron chi connectivity index (χ2n) is 0.307. The molecule has 0 rings (SSSR count). The van der Waals surface area contributed by atoms with Gasteiger partial charge in [0, 0.05) is 0 Å². The fourth-order valence-corrected chi connectivity index (χ4v) is 0.0248. The Balaban J connectivity index is -0.0000000800. The fourth-order valence-electron chi connectivity index (χ4n) is 0.0248. The van der Waals surface area contributed by atoms with Crippen molar-refractivity contribution in [3.8, 4) is 0 Å². The molecule has 3 nitrogen and oxygen atoms in total. The Bertz CT molecular complexity index is 32.1. The average molecular weight is 341 g/mol. The molecule has 5 heteroatoms. The first kappa shape index (κ1) is 16.9. The Morgan fingerprint density at radius 2 is 1.86 bits per heavy atom. The Kier molecular flexibility index (Phi) is 39.3. The van der Waals surface area contributed by atoms with Crippen LogP contribution in [0.4, 0.5) is 0 Å². The summed E-state index contributed by atoms with van der Waals surface area (Å²) >= 11 is 0. The van der Waals surface area contributed by atoms with Crippen LogP contribution in [0.5, 0.6) is 0 Å². The minimum atomic E-state index is 0. The molecule has 0 aromatic heterocycles. The monoisotopic (exact) mass is 341 g/mol. The Hall–Kier alpha value is 3.56. The largest absolute Gasteiger partial charge is 1.00 e. The van der Waals surface area contributed by atoms with Gasteiger partial charge in [0.05, 0.1) is 0 Å². The van der Waals surface area contributed by atoms with Gasteiger partial charge in [-0.2, -0.15) is 0 Å². The molecule has 0 saturated heterocycles. The first-order valence-corrected chi connectivity index (χ1v) is 0.918. The summed E-state index contributed by atoms with van der Waals surface area (Å²) in [6.07, 6.45) is 0.708.